The molecule has 0 heterocycles. The van der Waals surface area contributed by atoms with Crippen LogP contribution in [-0.4, -0.2) is 10.9 Å². The van der Waals surface area contributed by atoms with Gasteiger partial charge in [0.2, 0.25) is 0 Å². The summed E-state index contributed by atoms with van der Waals surface area (Å²) in [4.78, 5) is 12.1. The fourth-order valence-corrected chi connectivity index (χ4v) is 1.42. The van der Waals surface area contributed by atoms with Crippen molar-refractivity contribution in [2.24, 2.45) is 0 Å². The highest BCUT2D eigenvalue weighted by Gasteiger charge is 2.04. The van der Waals surface area contributed by atoms with Crippen molar-refractivity contribution < 1.29 is 4.79 Å². The zero-order valence-corrected chi connectivity index (χ0v) is 12.1. The van der Waals surface area contributed by atoms with Crippen LogP contribution in [0.3, 0.4) is 0 Å². The Morgan fingerprint density at radius 2 is 1.94 bits per heavy atom. The molecule has 0 aromatic heterocycles. The number of hydrogen-bond acceptors (Lipinski definition) is 2. The van der Waals surface area contributed by atoms with Gasteiger partial charge in [-0.05, 0) is 24.3 Å². The van der Waals surface area contributed by atoms with Gasteiger partial charge in [0.1, 0.15) is 0 Å². The molecule has 6 heteroatoms. The highest BCUT2D eigenvalue weighted by atomic mass is 79.9. The molecule has 1 aromatic carbocycles. The van der Waals surface area contributed by atoms with E-state index in [4.69, 9.17) is 12.2 Å². The van der Waals surface area contributed by atoms with E-state index in [-0.39, 0.29) is 18.3 Å². The molecule has 92 valence electrons. The molecule has 0 aliphatic rings. The highest BCUT2D eigenvalue weighted by Crippen LogP contribution is 2.09. The first kappa shape index (κ1) is 16.1. The lowest BCUT2D eigenvalue weighted by molar-refractivity contribution is 0.0944. The molecule has 0 radical (unpaired) electrons. The summed E-state index contributed by atoms with van der Waals surface area (Å²) in [7, 11) is 0. The van der Waals surface area contributed by atoms with E-state index < -0.39 is 0 Å². The number of nitrogens with one attached hydrogen (secondary N) is 2. The van der Waals surface area contributed by atoms with Gasteiger partial charge >= 0.3 is 0 Å². The molecule has 1 aromatic rings. The number of benzene rings is 1. The van der Waals surface area contributed by atoms with E-state index in [0.29, 0.717) is 17.0 Å². The molecular formula is C11H12BrClN2OS. The Morgan fingerprint density at radius 1 is 1.35 bits per heavy atom. The molecular weight excluding hydrogens is 324 g/mol. The number of carbonyl (C=O) groups excluding carboxylic acids is 1. The third kappa shape index (κ3) is 5.81. The first-order chi connectivity index (χ1) is 7.63. The van der Waals surface area contributed by atoms with E-state index in [1.807, 2.05) is 0 Å². The summed E-state index contributed by atoms with van der Waals surface area (Å²) in [6, 6.07) is 7.04. The van der Waals surface area contributed by atoms with Crippen LogP contribution >= 0.6 is 40.6 Å². The van der Waals surface area contributed by atoms with Crippen LogP contribution in [0.25, 0.3) is 0 Å². The Morgan fingerprint density at radius 3 is 2.47 bits per heavy atom. The van der Waals surface area contributed by atoms with Gasteiger partial charge in [-0.1, -0.05) is 34.2 Å². The zero-order valence-electron chi connectivity index (χ0n) is 8.90. The predicted molar refractivity (Wildman–Crippen MR) is 79.4 cm³/mol. The number of amides is 1. The number of thiocarbonyl (C=S) groups is 1. The van der Waals surface area contributed by atoms with Crippen LogP contribution in [0, 0.1) is 0 Å². The SMILES string of the molecule is C=CCC(=S)NNC(=O)c1ccc(Br)cc1.Cl. The van der Waals surface area contributed by atoms with Crippen LogP contribution < -0.4 is 10.9 Å². The molecule has 0 unspecified atom stereocenters. The molecule has 3 nitrogen and oxygen atoms in total. The molecule has 2 N–H and O–H groups in total. The molecule has 0 saturated heterocycles. The topological polar surface area (TPSA) is 41.1 Å². The quantitative estimate of drug-likeness (QED) is 0.507. The van der Waals surface area contributed by atoms with Crippen molar-refractivity contribution >= 4 is 51.5 Å². The van der Waals surface area contributed by atoms with E-state index in [1.165, 1.54) is 0 Å². The van der Waals surface area contributed by atoms with Crippen LogP contribution in [0.4, 0.5) is 0 Å². The number of carbonyl (C=O) groups is 1. The summed E-state index contributed by atoms with van der Waals surface area (Å²) in [5.41, 5.74) is 5.72. The second-order valence-electron chi connectivity index (χ2n) is 3.00. The van der Waals surface area contributed by atoms with Crippen LogP contribution in [0.5, 0.6) is 0 Å². The molecule has 0 spiro atoms. The van der Waals surface area contributed by atoms with Gasteiger partial charge in [-0.25, -0.2) is 0 Å². The molecule has 0 aliphatic carbocycles. The van der Waals surface area contributed by atoms with Crippen LogP contribution in [0.15, 0.2) is 41.4 Å². The standard InChI is InChI=1S/C11H11BrN2OS.ClH/c1-2-3-10(16)13-14-11(15)8-4-6-9(12)7-5-8;/h2,4-7H,1,3H2,(H,13,16)(H,14,15);1H. The van der Waals surface area contributed by atoms with Gasteiger partial charge < -0.3 is 0 Å². The van der Waals surface area contributed by atoms with Crippen molar-refractivity contribution in [3.05, 3.63) is 47.0 Å². The van der Waals surface area contributed by atoms with Gasteiger partial charge in [0, 0.05) is 16.5 Å². The first-order valence-electron chi connectivity index (χ1n) is 4.59. The lowest BCUT2D eigenvalue weighted by Crippen LogP contribution is -2.40. The van der Waals surface area contributed by atoms with E-state index in [2.05, 4.69) is 33.4 Å². The second-order valence-corrected chi connectivity index (χ2v) is 4.41. The second kappa shape index (κ2) is 8.22. The number of hydrogen-bond donors (Lipinski definition) is 2. The minimum Gasteiger partial charge on any atom is -0.291 e. The van der Waals surface area contributed by atoms with Crippen LogP contribution in [0.1, 0.15) is 16.8 Å². The predicted octanol–water partition coefficient (Wildman–Crippen LogP) is 3.01. The van der Waals surface area contributed by atoms with E-state index in [0.717, 1.165) is 4.47 Å². The van der Waals surface area contributed by atoms with Crippen LogP contribution in [-0.2, 0) is 0 Å². The lowest BCUT2D eigenvalue weighted by Gasteiger charge is -2.07. The van der Waals surface area contributed by atoms with Crippen molar-refractivity contribution in [2.75, 3.05) is 0 Å². The van der Waals surface area contributed by atoms with Gasteiger partial charge in [-0.2, -0.15) is 0 Å². The monoisotopic (exact) mass is 334 g/mol. The fourth-order valence-electron chi connectivity index (χ4n) is 0.982. The Labute approximate surface area is 120 Å². The van der Waals surface area contributed by atoms with Gasteiger partial charge in [-0.3, -0.25) is 15.6 Å². The summed E-state index contributed by atoms with van der Waals surface area (Å²) in [5.74, 6) is -0.223. The maximum absolute atomic E-state index is 11.6. The summed E-state index contributed by atoms with van der Waals surface area (Å²) in [6.45, 7) is 3.55. The molecule has 0 fully saturated rings. The van der Waals surface area contributed by atoms with E-state index in [1.54, 1.807) is 30.3 Å². The minimum absolute atomic E-state index is 0. The van der Waals surface area contributed by atoms with Gasteiger partial charge in [-0.15, -0.1) is 19.0 Å². The average Bonchev–Trinajstić information content (AvgIpc) is 2.27. The third-order valence-electron chi connectivity index (χ3n) is 1.75. The Balaban J connectivity index is 0.00000256. The number of hydrazine groups is 1. The van der Waals surface area contributed by atoms with E-state index in [9.17, 15) is 4.79 Å². The normalized spacial score (nSPS) is 8.76. The van der Waals surface area contributed by atoms with Crippen molar-refractivity contribution in [1.82, 2.24) is 10.9 Å². The maximum atomic E-state index is 11.6. The van der Waals surface area contributed by atoms with Gasteiger partial charge in [0.05, 0.1) is 4.99 Å². The lowest BCUT2D eigenvalue weighted by atomic mass is 10.2. The molecule has 17 heavy (non-hydrogen) atoms. The van der Waals surface area contributed by atoms with Gasteiger partial charge in [0.25, 0.3) is 5.91 Å². The molecule has 0 bridgehead atoms. The minimum atomic E-state index is -0.223. The number of rotatable bonds is 3. The Bertz CT molecular complexity index is 408. The van der Waals surface area contributed by atoms with E-state index >= 15 is 0 Å². The molecule has 1 rings (SSSR count). The molecule has 0 aliphatic heterocycles. The summed E-state index contributed by atoms with van der Waals surface area (Å²) < 4.78 is 0.930. The van der Waals surface area contributed by atoms with Crippen molar-refractivity contribution in [3.8, 4) is 0 Å². The summed E-state index contributed by atoms with van der Waals surface area (Å²) in [5, 5.41) is 0. The molecule has 1 amide bonds. The van der Waals surface area contributed by atoms with Crippen molar-refractivity contribution in [2.45, 2.75) is 6.42 Å². The van der Waals surface area contributed by atoms with Gasteiger partial charge in [0.15, 0.2) is 0 Å². The zero-order chi connectivity index (χ0) is 12.0. The summed E-state index contributed by atoms with van der Waals surface area (Å²) in [6.07, 6.45) is 2.21. The highest BCUT2D eigenvalue weighted by molar-refractivity contribution is 9.10. The van der Waals surface area contributed by atoms with Crippen molar-refractivity contribution in [1.29, 1.82) is 0 Å². The smallest absolute Gasteiger partial charge is 0.269 e. The molecule has 0 atom stereocenters. The summed E-state index contributed by atoms with van der Waals surface area (Å²) >= 11 is 8.24. The maximum Gasteiger partial charge on any atom is 0.269 e. The third-order valence-corrected chi connectivity index (χ3v) is 2.55. The largest absolute Gasteiger partial charge is 0.291 e. The molecule has 0 saturated carbocycles. The van der Waals surface area contributed by atoms with Crippen LogP contribution in [0.2, 0.25) is 0 Å². The Kier molecular flexibility index (Phi) is 7.78. The first-order valence-corrected chi connectivity index (χ1v) is 5.79. The Hall–Kier alpha value is -0.910. The fraction of sp³-hybridized carbons (Fsp3) is 0.0909. The average molecular weight is 336 g/mol. The van der Waals surface area contributed by atoms with Crippen molar-refractivity contribution in [3.63, 3.8) is 0 Å². The number of halogens is 2.